The average molecular weight is 312 g/mol. The van der Waals surface area contributed by atoms with Crippen LogP contribution in [0.1, 0.15) is 5.56 Å². The standard InChI is InChI=1S/C13H12BrClN2/c1-8-12(16)6-10(15)7-13(8)17-11-4-2-3-9(14)5-11/h2-7,17H,16H2,1H3. The van der Waals surface area contributed by atoms with Crippen LogP contribution in [0.3, 0.4) is 0 Å². The molecule has 3 N–H and O–H groups in total. The Kier molecular flexibility index (Phi) is 3.60. The van der Waals surface area contributed by atoms with Gasteiger partial charge in [-0.3, -0.25) is 0 Å². The van der Waals surface area contributed by atoms with Gasteiger partial charge in [0.25, 0.3) is 0 Å². The lowest BCUT2D eigenvalue weighted by Crippen LogP contribution is -1.97. The van der Waals surface area contributed by atoms with E-state index in [0.29, 0.717) is 10.7 Å². The van der Waals surface area contributed by atoms with E-state index in [4.69, 9.17) is 17.3 Å². The highest BCUT2D eigenvalue weighted by molar-refractivity contribution is 9.10. The Bertz CT molecular complexity index is 555. The predicted octanol–water partition coefficient (Wildman–Crippen LogP) is 4.74. The molecule has 0 heterocycles. The highest BCUT2D eigenvalue weighted by Crippen LogP contribution is 2.29. The van der Waals surface area contributed by atoms with E-state index < -0.39 is 0 Å². The van der Waals surface area contributed by atoms with E-state index >= 15 is 0 Å². The quantitative estimate of drug-likeness (QED) is 0.786. The van der Waals surface area contributed by atoms with Crippen molar-refractivity contribution in [2.75, 3.05) is 11.1 Å². The Morgan fingerprint density at radius 2 is 2.00 bits per heavy atom. The van der Waals surface area contributed by atoms with Gasteiger partial charge in [0.2, 0.25) is 0 Å². The van der Waals surface area contributed by atoms with Crippen molar-refractivity contribution >= 4 is 44.6 Å². The smallest absolute Gasteiger partial charge is 0.0449 e. The van der Waals surface area contributed by atoms with Crippen molar-refractivity contribution in [3.05, 3.63) is 51.5 Å². The molecule has 0 saturated carbocycles. The van der Waals surface area contributed by atoms with E-state index in [2.05, 4.69) is 21.2 Å². The van der Waals surface area contributed by atoms with Gasteiger partial charge < -0.3 is 11.1 Å². The first kappa shape index (κ1) is 12.3. The molecule has 0 aliphatic rings. The third-order valence-electron chi connectivity index (χ3n) is 2.52. The third-order valence-corrected chi connectivity index (χ3v) is 3.23. The lowest BCUT2D eigenvalue weighted by molar-refractivity contribution is 1.43. The molecule has 88 valence electrons. The fraction of sp³-hybridized carbons (Fsp3) is 0.0769. The Morgan fingerprint density at radius 3 is 2.71 bits per heavy atom. The molecule has 4 heteroatoms. The molecule has 0 aromatic heterocycles. The monoisotopic (exact) mass is 310 g/mol. The molecule has 0 unspecified atom stereocenters. The van der Waals surface area contributed by atoms with Gasteiger partial charge in [-0.2, -0.15) is 0 Å². The van der Waals surface area contributed by atoms with E-state index in [9.17, 15) is 0 Å². The SMILES string of the molecule is Cc1c(N)cc(Cl)cc1Nc1cccc(Br)c1. The number of nitrogen functional groups attached to an aromatic ring is 1. The Hall–Kier alpha value is -1.19. The maximum atomic E-state index is 5.99. The molecule has 0 radical (unpaired) electrons. The summed E-state index contributed by atoms with van der Waals surface area (Å²) >= 11 is 9.42. The summed E-state index contributed by atoms with van der Waals surface area (Å²) in [6, 6.07) is 11.6. The largest absolute Gasteiger partial charge is 0.398 e. The lowest BCUT2D eigenvalue weighted by Gasteiger charge is -2.12. The fourth-order valence-electron chi connectivity index (χ4n) is 1.55. The predicted molar refractivity (Wildman–Crippen MR) is 78.0 cm³/mol. The molecule has 2 aromatic rings. The van der Waals surface area contributed by atoms with Gasteiger partial charge in [-0.1, -0.05) is 33.6 Å². The molecule has 17 heavy (non-hydrogen) atoms. The molecular formula is C13H12BrClN2. The van der Waals surface area contributed by atoms with E-state index in [1.165, 1.54) is 0 Å². The zero-order valence-corrected chi connectivity index (χ0v) is 11.6. The summed E-state index contributed by atoms with van der Waals surface area (Å²) in [7, 11) is 0. The number of halogens is 2. The molecule has 0 saturated heterocycles. The number of benzene rings is 2. The Morgan fingerprint density at radius 1 is 1.24 bits per heavy atom. The normalized spacial score (nSPS) is 10.3. The first-order valence-corrected chi connectivity index (χ1v) is 6.31. The zero-order valence-electron chi connectivity index (χ0n) is 9.30. The van der Waals surface area contributed by atoms with Gasteiger partial charge in [-0.05, 0) is 42.8 Å². The Balaban J connectivity index is 2.36. The van der Waals surface area contributed by atoms with Crippen molar-refractivity contribution in [1.29, 1.82) is 0 Å². The van der Waals surface area contributed by atoms with Crippen LogP contribution in [0.2, 0.25) is 5.02 Å². The number of hydrogen-bond donors (Lipinski definition) is 2. The van der Waals surface area contributed by atoms with Gasteiger partial charge in [0.05, 0.1) is 0 Å². The highest BCUT2D eigenvalue weighted by Gasteiger charge is 2.04. The van der Waals surface area contributed by atoms with E-state index in [1.807, 2.05) is 37.3 Å². The van der Waals surface area contributed by atoms with Crippen LogP contribution in [0, 0.1) is 6.92 Å². The summed E-state index contributed by atoms with van der Waals surface area (Å²) in [4.78, 5) is 0. The van der Waals surface area contributed by atoms with Crippen LogP contribution >= 0.6 is 27.5 Å². The van der Waals surface area contributed by atoms with Gasteiger partial charge in [0.15, 0.2) is 0 Å². The second kappa shape index (κ2) is 4.98. The molecule has 0 aliphatic heterocycles. The number of rotatable bonds is 2. The molecule has 2 rings (SSSR count). The molecule has 0 atom stereocenters. The van der Waals surface area contributed by atoms with Crippen LogP contribution in [0.5, 0.6) is 0 Å². The second-order valence-electron chi connectivity index (χ2n) is 3.80. The van der Waals surface area contributed by atoms with Crippen molar-refractivity contribution < 1.29 is 0 Å². The summed E-state index contributed by atoms with van der Waals surface area (Å²) in [5, 5.41) is 3.93. The van der Waals surface area contributed by atoms with E-state index in [0.717, 1.165) is 21.4 Å². The summed E-state index contributed by atoms with van der Waals surface area (Å²) in [5.41, 5.74) is 9.47. The minimum Gasteiger partial charge on any atom is -0.398 e. The van der Waals surface area contributed by atoms with Gasteiger partial charge in [0.1, 0.15) is 0 Å². The summed E-state index contributed by atoms with van der Waals surface area (Å²) in [5.74, 6) is 0. The van der Waals surface area contributed by atoms with E-state index in [-0.39, 0.29) is 0 Å². The summed E-state index contributed by atoms with van der Waals surface area (Å²) in [6.45, 7) is 1.96. The van der Waals surface area contributed by atoms with Gasteiger partial charge in [0, 0.05) is 26.6 Å². The minimum atomic E-state index is 0.630. The van der Waals surface area contributed by atoms with Crippen LogP contribution in [-0.4, -0.2) is 0 Å². The maximum Gasteiger partial charge on any atom is 0.0449 e. The van der Waals surface area contributed by atoms with Crippen LogP contribution in [0.25, 0.3) is 0 Å². The molecule has 2 aromatic carbocycles. The second-order valence-corrected chi connectivity index (χ2v) is 5.16. The van der Waals surface area contributed by atoms with Crippen molar-refractivity contribution in [2.24, 2.45) is 0 Å². The number of nitrogens with two attached hydrogens (primary N) is 1. The van der Waals surface area contributed by atoms with Crippen molar-refractivity contribution in [3.63, 3.8) is 0 Å². The summed E-state index contributed by atoms with van der Waals surface area (Å²) in [6.07, 6.45) is 0. The molecular weight excluding hydrogens is 300 g/mol. The van der Waals surface area contributed by atoms with Gasteiger partial charge in [-0.25, -0.2) is 0 Å². The van der Waals surface area contributed by atoms with Crippen LogP contribution < -0.4 is 11.1 Å². The molecule has 0 aliphatic carbocycles. The highest BCUT2D eigenvalue weighted by atomic mass is 79.9. The third kappa shape index (κ3) is 2.93. The van der Waals surface area contributed by atoms with Gasteiger partial charge >= 0.3 is 0 Å². The topological polar surface area (TPSA) is 38.0 Å². The van der Waals surface area contributed by atoms with Crippen molar-refractivity contribution in [3.8, 4) is 0 Å². The molecule has 0 spiro atoms. The number of hydrogen-bond acceptors (Lipinski definition) is 2. The lowest BCUT2D eigenvalue weighted by atomic mass is 10.1. The average Bonchev–Trinajstić information content (AvgIpc) is 2.25. The first-order chi connectivity index (χ1) is 8.06. The molecule has 0 fully saturated rings. The number of nitrogens with one attached hydrogen (secondary N) is 1. The van der Waals surface area contributed by atoms with Crippen LogP contribution in [-0.2, 0) is 0 Å². The molecule has 0 amide bonds. The number of anilines is 3. The minimum absolute atomic E-state index is 0.630. The van der Waals surface area contributed by atoms with E-state index in [1.54, 1.807) is 6.07 Å². The van der Waals surface area contributed by atoms with Crippen LogP contribution in [0.4, 0.5) is 17.1 Å². The van der Waals surface area contributed by atoms with Gasteiger partial charge in [-0.15, -0.1) is 0 Å². The zero-order chi connectivity index (χ0) is 12.4. The maximum absolute atomic E-state index is 5.99. The summed E-state index contributed by atoms with van der Waals surface area (Å²) < 4.78 is 1.02. The first-order valence-electron chi connectivity index (χ1n) is 5.14. The molecule has 0 bridgehead atoms. The molecule has 2 nitrogen and oxygen atoms in total. The van der Waals surface area contributed by atoms with Crippen molar-refractivity contribution in [1.82, 2.24) is 0 Å². The fourth-order valence-corrected chi connectivity index (χ4v) is 2.18. The van der Waals surface area contributed by atoms with Crippen molar-refractivity contribution in [2.45, 2.75) is 6.92 Å². The van der Waals surface area contributed by atoms with Crippen LogP contribution in [0.15, 0.2) is 40.9 Å². The Labute approximate surface area is 114 Å².